The third kappa shape index (κ3) is 2.75. The van der Waals surface area contributed by atoms with Crippen LogP contribution in [0, 0.1) is 5.92 Å². The van der Waals surface area contributed by atoms with Crippen LogP contribution in [0.25, 0.3) is 0 Å². The van der Waals surface area contributed by atoms with Crippen LogP contribution in [0.1, 0.15) is 42.4 Å². The number of benzene rings is 1. The molecular formula is C16H20N2O. The normalized spacial score (nSPS) is 14.1. The van der Waals surface area contributed by atoms with Crippen LogP contribution in [0.4, 0.5) is 0 Å². The van der Waals surface area contributed by atoms with Crippen molar-refractivity contribution >= 4 is 5.78 Å². The molecule has 0 radical (unpaired) electrons. The van der Waals surface area contributed by atoms with Gasteiger partial charge in [-0.1, -0.05) is 50.6 Å². The Bertz CT molecular complexity index is 545. The van der Waals surface area contributed by atoms with Gasteiger partial charge in [0, 0.05) is 19.4 Å². The van der Waals surface area contributed by atoms with Crippen molar-refractivity contribution in [3.05, 3.63) is 54.1 Å². The van der Waals surface area contributed by atoms with Crippen LogP contribution in [0.3, 0.4) is 0 Å². The first-order valence-corrected chi connectivity index (χ1v) is 6.71. The fourth-order valence-corrected chi connectivity index (χ4v) is 2.38. The summed E-state index contributed by atoms with van der Waals surface area (Å²) in [6.07, 6.45) is 4.45. The molecule has 0 amide bonds. The highest BCUT2D eigenvalue weighted by molar-refractivity contribution is 5.98. The first-order valence-electron chi connectivity index (χ1n) is 6.71. The quantitative estimate of drug-likeness (QED) is 0.768. The Morgan fingerprint density at radius 1 is 1.32 bits per heavy atom. The standard InChI is InChI=1S/C16H20N2O/c1-4-12(2)14(13-8-6-5-7-9-13)15(19)16-17-10-11-18(16)3/h5-12,14H,4H2,1-3H3. The van der Waals surface area contributed by atoms with Crippen LogP contribution in [0.5, 0.6) is 0 Å². The highest BCUT2D eigenvalue weighted by Crippen LogP contribution is 2.29. The number of imidazole rings is 1. The molecule has 1 aromatic carbocycles. The highest BCUT2D eigenvalue weighted by Gasteiger charge is 2.28. The number of carbonyl (C=O) groups is 1. The Labute approximate surface area is 114 Å². The molecule has 2 atom stereocenters. The van der Waals surface area contributed by atoms with Crippen molar-refractivity contribution in [3.63, 3.8) is 0 Å². The number of carbonyl (C=O) groups excluding carboxylic acids is 1. The molecule has 0 saturated heterocycles. The zero-order valence-corrected chi connectivity index (χ0v) is 11.7. The van der Waals surface area contributed by atoms with Gasteiger partial charge in [-0.25, -0.2) is 4.98 Å². The summed E-state index contributed by atoms with van der Waals surface area (Å²) in [6, 6.07) is 9.99. The molecule has 0 fully saturated rings. The Kier molecular flexibility index (Phi) is 4.15. The number of hydrogen-bond donors (Lipinski definition) is 0. The van der Waals surface area contributed by atoms with Gasteiger partial charge in [-0.2, -0.15) is 0 Å². The molecule has 0 saturated carbocycles. The molecule has 1 aromatic heterocycles. The second-order valence-corrected chi connectivity index (χ2v) is 5.00. The van der Waals surface area contributed by atoms with Gasteiger partial charge < -0.3 is 4.57 Å². The van der Waals surface area contributed by atoms with E-state index in [9.17, 15) is 4.79 Å². The van der Waals surface area contributed by atoms with Crippen molar-refractivity contribution in [2.75, 3.05) is 0 Å². The number of hydrogen-bond acceptors (Lipinski definition) is 2. The van der Waals surface area contributed by atoms with E-state index in [1.54, 1.807) is 10.8 Å². The maximum absolute atomic E-state index is 12.7. The van der Waals surface area contributed by atoms with Gasteiger partial charge in [0.15, 0.2) is 5.82 Å². The minimum atomic E-state index is -0.118. The predicted octanol–water partition coefficient (Wildman–Crippen LogP) is 3.43. The lowest BCUT2D eigenvalue weighted by Gasteiger charge is -2.22. The van der Waals surface area contributed by atoms with E-state index in [-0.39, 0.29) is 11.7 Å². The van der Waals surface area contributed by atoms with E-state index in [0.29, 0.717) is 11.7 Å². The topological polar surface area (TPSA) is 34.9 Å². The van der Waals surface area contributed by atoms with E-state index in [1.165, 1.54) is 0 Å². The third-order valence-corrected chi connectivity index (χ3v) is 3.70. The first-order chi connectivity index (χ1) is 9.15. The number of ketones is 1. The molecule has 2 rings (SSSR count). The molecule has 0 aliphatic carbocycles. The molecule has 3 nitrogen and oxygen atoms in total. The lowest BCUT2D eigenvalue weighted by molar-refractivity contribution is 0.0918. The maximum Gasteiger partial charge on any atom is 0.205 e. The molecule has 0 N–H and O–H groups in total. The smallest absolute Gasteiger partial charge is 0.205 e. The molecule has 0 aliphatic heterocycles. The van der Waals surface area contributed by atoms with Crippen molar-refractivity contribution in [2.45, 2.75) is 26.2 Å². The van der Waals surface area contributed by atoms with E-state index >= 15 is 0 Å². The lowest BCUT2D eigenvalue weighted by atomic mass is 9.82. The van der Waals surface area contributed by atoms with Crippen molar-refractivity contribution in [1.29, 1.82) is 0 Å². The summed E-state index contributed by atoms with van der Waals surface area (Å²) < 4.78 is 1.79. The Hall–Kier alpha value is -1.90. The molecule has 0 spiro atoms. The van der Waals surface area contributed by atoms with Gasteiger partial charge in [0.2, 0.25) is 5.78 Å². The predicted molar refractivity (Wildman–Crippen MR) is 76.2 cm³/mol. The molecule has 0 aliphatic rings. The zero-order valence-electron chi connectivity index (χ0n) is 11.7. The first kappa shape index (κ1) is 13.5. The van der Waals surface area contributed by atoms with E-state index in [0.717, 1.165) is 12.0 Å². The average Bonchev–Trinajstić information content (AvgIpc) is 2.86. The summed E-state index contributed by atoms with van der Waals surface area (Å²) in [6.45, 7) is 4.24. The van der Waals surface area contributed by atoms with Crippen molar-refractivity contribution in [1.82, 2.24) is 9.55 Å². The Balaban J connectivity index is 2.39. The van der Waals surface area contributed by atoms with Crippen LogP contribution in [-0.2, 0) is 7.05 Å². The molecule has 1 heterocycles. The molecule has 100 valence electrons. The van der Waals surface area contributed by atoms with Gasteiger partial charge >= 0.3 is 0 Å². The third-order valence-electron chi connectivity index (χ3n) is 3.70. The fourth-order valence-electron chi connectivity index (χ4n) is 2.38. The number of aryl methyl sites for hydroxylation is 1. The van der Waals surface area contributed by atoms with Crippen molar-refractivity contribution in [3.8, 4) is 0 Å². The zero-order chi connectivity index (χ0) is 13.8. The minimum Gasteiger partial charge on any atom is -0.332 e. The summed E-state index contributed by atoms with van der Waals surface area (Å²) in [5.74, 6) is 0.820. The van der Waals surface area contributed by atoms with E-state index in [2.05, 4.69) is 18.8 Å². The molecule has 2 unspecified atom stereocenters. The van der Waals surface area contributed by atoms with Crippen LogP contribution < -0.4 is 0 Å². The number of aromatic nitrogens is 2. The largest absolute Gasteiger partial charge is 0.332 e. The summed E-state index contributed by atoms with van der Waals surface area (Å²) in [5, 5.41) is 0. The SMILES string of the molecule is CCC(C)C(C(=O)c1nccn1C)c1ccccc1. The van der Waals surface area contributed by atoms with E-state index < -0.39 is 0 Å². The van der Waals surface area contributed by atoms with Crippen molar-refractivity contribution < 1.29 is 4.79 Å². The summed E-state index contributed by atoms with van der Waals surface area (Å²) in [5.41, 5.74) is 1.07. The van der Waals surface area contributed by atoms with Gasteiger partial charge in [-0.05, 0) is 11.5 Å². The van der Waals surface area contributed by atoms with Gasteiger partial charge in [0.1, 0.15) is 0 Å². The number of Topliss-reactive ketones (excluding diaryl/α,β-unsaturated/α-hetero) is 1. The summed E-state index contributed by atoms with van der Waals surface area (Å²) >= 11 is 0. The van der Waals surface area contributed by atoms with Gasteiger partial charge in [0.05, 0.1) is 5.92 Å². The lowest BCUT2D eigenvalue weighted by Crippen LogP contribution is -2.22. The van der Waals surface area contributed by atoms with Crippen LogP contribution in [0.15, 0.2) is 42.7 Å². The minimum absolute atomic E-state index is 0.105. The van der Waals surface area contributed by atoms with Gasteiger partial charge in [-0.3, -0.25) is 4.79 Å². The maximum atomic E-state index is 12.7. The van der Waals surface area contributed by atoms with Crippen molar-refractivity contribution in [2.24, 2.45) is 13.0 Å². The van der Waals surface area contributed by atoms with E-state index in [4.69, 9.17) is 0 Å². The second-order valence-electron chi connectivity index (χ2n) is 5.00. The monoisotopic (exact) mass is 256 g/mol. The Morgan fingerprint density at radius 3 is 2.53 bits per heavy atom. The van der Waals surface area contributed by atoms with E-state index in [1.807, 2.05) is 43.6 Å². The summed E-state index contributed by atoms with van der Waals surface area (Å²) in [4.78, 5) is 16.9. The van der Waals surface area contributed by atoms with Crippen LogP contribution >= 0.6 is 0 Å². The van der Waals surface area contributed by atoms with Crippen LogP contribution in [0.2, 0.25) is 0 Å². The van der Waals surface area contributed by atoms with Gasteiger partial charge in [0.25, 0.3) is 0 Å². The molecule has 2 aromatic rings. The number of rotatable bonds is 5. The molecule has 19 heavy (non-hydrogen) atoms. The number of nitrogens with zero attached hydrogens (tertiary/aromatic N) is 2. The summed E-state index contributed by atoms with van der Waals surface area (Å²) in [7, 11) is 1.86. The van der Waals surface area contributed by atoms with Gasteiger partial charge in [-0.15, -0.1) is 0 Å². The molecule has 3 heteroatoms. The van der Waals surface area contributed by atoms with Crippen LogP contribution in [-0.4, -0.2) is 15.3 Å². The molecule has 0 bridgehead atoms. The fraction of sp³-hybridized carbons (Fsp3) is 0.375. The molecular weight excluding hydrogens is 236 g/mol. The Morgan fingerprint density at radius 2 is 2.00 bits per heavy atom. The average molecular weight is 256 g/mol. The second kappa shape index (κ2) is 5.83. The highest BCUT2D eigenvalue weighted by atomic mass is 16.1.